The second-order valence-corrected chi connectivity index (χ2v) is 5.91. The maximum Gasteiger partial charge on any atom is 0.258 e. The minimum Gasteiger partial charge on any atom is -0.497 e. The highest BCUT2D eigenvalue weighted by atomic mass is 16.5. The van der Waals surface area contributed by atoms with Gasteiger partial charge in [0.1, 0.15) is 5.75 Å². The van der Waals surface area contributed by atoms with E-state index in [4.69, 9.17) is 4.74 Å². The van der Waals surface area contributed by atoms with Crippen molar-refractivity contribution in [1.29, 1.82) is 0 Å². The lowest BCUT2D eigenvalue weighted by atomic mass is 10.00. The molecule has 0 aliphatic heterocycles. The average Bonchev–Trinajstić information content (AvgIpc) is 2.64. The third-order valence-electron chi connectivity index (χ3n) is 4.34. The summed E-state index contributed by atoms with van der Waals surface area (Å²) in [6.45, 7) is 0. The monoisotopic (exact) mass is 332 g/mol. The van der Waals surface area contributed by atoms with Gasteiger partial charge in [-0.05, 0) is 35.2 Å². The highest BCUT2D eigenvalue weighted by Crippen LogP contribution is 2.26. The van der Waals surface area contributed by atoms with Gasteiger partial charge in [0.25, 0.3) is 5.56 Å². The smallest absolute Gasteiger partial charge is 0.258 e. The summed E-state index contributed by atoms with van der Waals surface area (Å²) in [5, 5.41) is 12.5. The Balaban J connectivity index is 1.81. The summed E-state index contributed by atoms with van der Waals surface area (Å²) < 4.78 is 5.22. The van der Waals surface area contributed by atoms with Gasteiger partial charge < -0.3 is 9.84 Å². The normalized spacial score (nSPS) is 11.1. The van der Waals surface area contributed by atoms with Crippen molar-refractivity contribution in [3.05, 3.63) is 76.2 Å². The lowest BCUT2D eigenvalue weighted by Gasteiger charge is -2.09. The van der Waals surface area contributed by atoms with Crippen LogP contribution in [0.5, 0.6) is 11.6 Å². The molecule has 5 nitrogen and oxygen atoms in total. The number of pyridine rings is 2. The van der Waals surface area contributed by atoms with Crippen LogP contribution in [-0.4, -0.2) is 22.2 Å². The van der Waals surface area contributed by atoms with Crippen LogP contribution in [0.4, 0.5) is 0 Å². The van der Waals surface area contributed by atoms with Gasteiger partial charge in [-0.15, -0.1) is 0 Å². The molecule has 2 heterocycles. The number of ether oxygens (including phenoxy) is 1. The highest BCUT2D eigenvalue weighted by Gasteiger charge is 2.12. The fraction of sp³-hybridized carbons (Fsp3) is 0.100. The molecule has 0 atom stereocenters. The van der Waals surface area contributed by atoms with Gasteiger partial charge in [0.05, 0.1) is 12.6 Å². The SMILES string of the molecule is COc1ccc2cc(Cc3c(O)[nH]c(=O)c4ccccc34)cnc2c1. The second-order valence-electron chi connectivity index (χ2n) is 5.91. The number of nitrogens with zero attached hydrogens (tertiary/aromatic N) is 1. The first-order valence-corrected chi connectivity index (χ1v) is 7.91. The largest absolute Gasteiger partial charge is 0.497 e. The Morgan fingerprint density at radius 2 is 1.92 bits per heavy atom. The maximum atomic E-state index is 12.0. The summed E-state index contributed by atoms with van der Waals surface area (Å²) in [6, 6.07) is 15.0. The van der Waals surface area contributed by atoms with E-state index in [1.807, 2.05) is 42.5 Å². The van der Waals surface area contributed by atoms with Gasteiger partial charge in [-0.25, -0.2) is 0 Å². The Kier molecular flexibility index (Phi) is 3.61. The molecule has 2 N–H and O–H groups in total. The minimum absolute atomic E-state index is 0.0986. The van der Waals surface area contributed by atoms with E-state index in [9.17, 15) is 9.90 Å². The van der Waals surface area contributed by atoms with Crippen molar-refractivity contribution in [3.8, 4) is 11.6 Å². The first-order valence-electron chi connectivity index (χ1n) is 7.91. The Bertz CT molecular complexity index is 1150. The lowest BCUT2D eigenvalue weighted by molar-refractivity contribution is 0.415. The van der Waals surface area contributed by atoms with E-state index in [1.165, 1.54) is 0 Å². The fourth-order valence-corrected chi connectivity index (χ4v) is 3.08. The summed E-state index contributed by atoms with van der Waals surface area (Å²) in [4.78, 5) is 19.0. The summed E-state index contributed by atoms with van der Waals surface area (Å²) in [7, 11) is 1.62. The lowest BCUT2D eigenvalue weighted by Crippen LogP contribution is -2.08. The van der Waals surface area contributed by atoms with E-state index in [0.717, 1.165) is 27.6 Å². The zero-order valence-electron chi connectivity index (χ0n) is 13.6. The molecule has 5 heteroatoms. The zero-order valence-corrected chi connectivity index (χ0v) is 13.6. The highest BCUT2D eigenvalue weighted by molar-refractivity contribution is 5.87. The second kappa shape index (κ2) is 5.94. The van der Waals surface area contributed by atoms with Crippen LogP contribution in [0, 0.1) is 0 Å². The topological polar surface area (TPSA) is 75.2 Å². The summed E-state index contributed by atoms with van der Waals surface area (Å²) in [5.41, 5.74) is 2.19. The van der Waals surface area contributed by atoms with Gasteiger partial charge in [-0.1, -0.05) is 18.2 Å². The van der Waals surface area contributed by atoms with Gasteiger partial charge >= 0.3 is 0 Å². The molecule has 25 heavy (non-hydrogen) atoms. The van der Waals surface area contributed by atoms with Crippen molar-refractivity contribution < 1.29 is 9.84 Å². The zero-order chi connectivity index (χ0) is 17.4. The molecule has 2 aromatic carbocycles. The quantitative estimate of drug-likeness (QED) is 0.603. The Hall–Kier alpha value is -3.34. The molecule has 0 spiro atoms. The number of fused-ring (bicyclic) bond motifs is 2. The third kappa shape index (κ3) is 2.70. The molecule has 0 amide bonds. The van der Waals surface area contributed by atoms with E-state index < -0.39 is 0 Å². The minimum atomic E-state index is -0.291. The van der Waals surface area contributed by atoms with Crippen molar-refractivity contribution in [2.75, 3.05) is 7.11 Å². The molecule has 124 valence electrons. The Labute approximate surface area is 143 Å². The number of H-pyrrole nitrogens is 1. The van der Waals surface area contributed by atoms with Crippen molar-refractivity contribution in [1.82, 2.24) is 9.97 Å². The first kappa shape index (κ1) is 15.2. The Morgan fingerprint density at radius 1 is 1.12 bits per heavy atom. The van der Waals surface area contributed by atoms with Crippen molar-refractivity contribution in [2.45, 2.75) is 6.42 Å². The predicted octanol–water partition coefficient (Wildman–Crippen LogP) is 3.38. The molecule has 4 rings (SSSR count). The van der Waals surface area contributed by atoms with Crippen LogP contribution in [0.1, 0.15) is 11.1 Å². The van der Waals surface area contributed by atoms with Crippen LogP contribution in [0.2, 0.25) is 0 Å². The van der Waals surface area contributed by atoms with Gasteiger partial charge in [0, 0.05) is 35.0 Å². The molecule has 0 saturated carbocycles. The molecule has 0 aliphatic rings. The number of aromatic amines is 1. The molecule has 0 fully saturated rings. The van der Waals surface area contributed by atoms with Gasteiger partial charge in [-0.2, -0.15) is 0 Å². The molecule has 0 aliphatic carbocycles. The molecule has 0 saturated heterocycles. The standard InChI is InChI=1S/C20H16N2O3/c1-25-14-7-6-13-8-12(11-21-18(13)10-14)9-17-15-4-2-3-5-16(15)19(23)22-20(17)24/h2-8,10-11H,9H2,1H3,(H2,22,23,24). The molecule has 0 unspecified atom stereocenters. The van der Waals surface area contributed by atoms with Crippen LogP contribution < -0.4 is 10.3 Å². The number of hydrogen-bond donors (Lipinski definition) is 2. The van der Waals surface area contributed by atoms with Crippen molar-refractivity contribution in [3.63, 3.8) is 0 Å². The van der Waals surface area contributed by atoms with E-state index in [-0.39, 0.29) is 11.4 Å². The number of aromatic hydroxyl groups is 1. The number of nitrogens with one attached hydrogen (secondary N) is 1. The van der Waals surface area contributed by atoms with E-state index in [2.05, 4.69) is 9.97 Å². The molecule has 0 bridgehead atoms. The average molecular weight is 332 g/mol. The number of benzene rings is 2. The maximum absolute atomic E-state index is 12.0. The van der Waals surface area contributed by atoms with Gasteiger partial charge in [0.15, 0.2) is 5.88 Å². The van der Waals surface area contributed by atoms with Crippen LogP contribution in [0.15, 0.2) is 59.5 Å². The van der Waals surface area contributed by atoms with Crippen molar-refractivity contribution in [2.24, 2.45) is 0 Å². The predicted molar refractivity (Wildman–Crippen MR) is 97.3 cm³/mol. The summed E-state index contributed by atoms with van der Waals surface area (Å²) in [5.74, 6) is 0.663. The molecule has 4 aromatic rings. The molecular weight excluding hydrogens is 316 g/mol. The van der Waals surface area contributed by atoms with Gasteiger partial charge in [0.2, 0.25) is 0 Å². The summed E-state index contributed by atoms with van der Waals surface area (Å²) in [6.07, 6.45) is 2.25. The Morgan fingerprint density at radius 3 is 2.72 bits per heavy atom. The number of hydrogen-bond acceptors (Lipinski definition) is 4. The van der Waals surface area contributed by atoms with Crippen molar-refractivity contribution >= 4 is 21.7 Å². The molecular formula is C20H16N2O3. The van der Waals surface area contributed by atoms with Crippen LogP contribution >= 0.6 is 0 Å². The van der Waals surface area contributed by atoms with Crippen LogP contribution in [-0.2, 0) is 6.42 Å². The third-order valence-corrected chi connectivity index (χ3v) is 4.34. The van der Waals surface area contributed by atoms with Gasteiger partial charge in [-0.3, -0.25) is 14.8 Å². The van der Waals surface area contributed by atoms with E-state index in [1.54, 1.807) is 19.4 Å². The first-order chi connectivity index (χ1) is 12.2. The van der Waals surface area contributed by atoms with Crippen LogP contribution in [0.3, 0.4) is 0 Å². The molecule has 2 aromatic heterocycles. The van der Waals surface area contributed by atoms with E-state index in [0.29, 0.717) is 17.4 Å². The molecule has 0 radical (unpaired) electrons. The summed E-state index contributed by atoms with van der Waals surface area (Å²) >= 11 is 0. The van der Waals surface area contributed by atoms with E-state index >= 15 is 0 Å². The fourth-order valence-electron chi connectivity index (χ4n) is 3.08. The number of aromatic nitrogens is 2. The van der Waals surface area contributed by atoms with Crippen LogP contribution in [0.25, 0.3) is 21.7 Å². The number of rotatable bonds is 3. The number of methoxy groups -OCH3 is 1.